The van der Waals surface area contributed by atoms with Crippen molar-refractivity contribution in [2.45, 2.75) is 70.8 Å². The maximum atomic E-state index is 13.0. The molecule has 1 aliphatic rings. The molecule has 0 aromatic heterocycles. The molecule has 1 unspecified atom stereocenters. The Morgan fingerprint density at radius 2 is 1.61 bits per heavy atom. The molecule has 1 atom stereocenters. The molecule has 38 heavy (non-hydrogen) atoms. The fourth-order valence-corrected chi connectivity index (χ4v) is 4.56. The topological polar surface area (TPSA) is 115 Å². The summed E-state index contributed by atoms with van der Waals surface area (Å²) in [6.45, 7) is 3.20. The number of piperazine rings is 1. The Bertz CT molecular complexity index is 932. The highest BCUT2D eigenvalue weighted by atomic mass is 32.1. The Labute approximate surface area is 230 Å². The first-order chi connectivity index (χ1) is 18.4. The second kappa shape index (κ2) is 16.7. The zero-order valence-electron chi connectivity index (χ0n) is 22.9. The van der Waals surface area contributed by atoms with Crippen molar-refractivity contribution in [3.05, 3.63) is 17.7 Å². The molecule has 0 saturated carbocycles. The van der Waals surface area contributed by atoms with Gasteiger partial charge in [-0.1, -0.05) is 51.9 Å². The summed E-state index contributed by atoms with van der Waals surface area (Å²) in [5, 5.41) is 5.44. The number of nitrogens with one attached hydrogen (secondary N) is 2. The van der Waals surface area contributed by atoms with Gasteiger partial charge in [0.25, 0.3) is 5.91 Å². The molecule has 0 spiro atoms. The lowest BCUT2D eigenvalue weighted by molar-refractivity contribution is -0.147. The molecule has 1 aromatic rings. The van der Waals surface area contributed by atoms with E-state index in [1.807, 2.05) is 0 Å². The van der Waals surface area contributed by atoms with Crippen LogP contribution in [-0.2, 0) is 14.3 Å². The third-order valence-corrected chi connectivity index (χ3v) is 6.70. The summed E-state index contributed by atoms with van der Waals surface area (Å²) in [6.07, 6.45) is 8.99. The van der Waals surface area contributed by atoms with Gasteiger partial charge in [0.1, 0.15) is 6.04 Å². The van der Waals surface area contributed by atoms with E-state index in [0.29, 0.717) is 36.9 Å². The van der Waals surface area contributed by atoms with Crippen LogP contribution in [0.5, 0.6) is 17.2 Å². The number of carbonyl (C=O) groups excluding carboxylic acids is 3. The molecule has 2 N–H and O–H groups in total. The summed E-state index contributed by atoms with van der Waals surface area (Å²) in [5.41, 5.74) is 0.227. The number of carbonyl (C=O) groups is 3. The molecule has 0 bridgehead atoms. The van der Waals surface area contributed by atoms with Crippen LogP contribution in [-0.4, -0.2) is 74.9 Å². The van der Waals surface area contributed by atoms with E-state index in [1.165, 1.54) is 65.6 Å². The van der Waals surface area contributed by atoms with Crippen LogP contribution >= 0.6 is 12.2 Å². The zero-order valence-corrected chi connectivity index (χ0v) is 23.7. The number of thiocarbonyl (C=S) groups is 1. The second-order valence-corrected chi connectivity index (χ2v) is 9.46. The molecule has 0 radical (unpaired) electrons. The maximum Gasteiger partial charge on any atom is 0.308 e. The average Bonchev–Trinajstić information content (AvgIpc) is 2.92. The number of unbranched alkanes of at least 4 members (excludes halogenated alkanes) is 7. The third-order valence-electron chi connectivity index (χ3n) is 6.36. The smallest absolute Gasteiger partial charge is 0.308 e. The Morgan fingerprint density at radius 1 is 1.00 bits per heavy atom. The molecule has 0 aliphatic carbocycles. The predicted molar refractivity (Wildman–Crippen MR) is 148 cm³/mol. The van der Waals surface area contributed by atoms with Gasteiger partial charge in [0.05, 0.1) is 34.4 Å². The molecule has 2 rings (SSSR count). The normalized spacial score (nSPS) is 14.9. The van der Waals surface area contributed by atoms with Gasteiger partial charge in [0.15, 0.2) is 16.6 Å². The van der Waals surface area contributed by atoms with Crippen LogP contribution in [0.25, 0.3) is 0 Å². The average molecular weight is 552 g/mol. The van der Waals surface area contributed by atoms with Crippen molar-refractivity contribution < 1.29 is 33.3 Å². The fraction of sp³-hybridized carbons (Fsp3) is 0.630. The van der Waals surface area contributed by atoms with Crippen LogP contribution in [0, 0.1) is 0 Å². The van der Waals surface area contributed by atoms with Gasteiger partial charge in [-0.25, -0.2) is 0 Å². The highest BCUT2D eigenvalue weighted by Gasteiger charge is 2.34. The summed E-state index contributed by atoms with van der Waals surface area (Å²) in [5.74, 6) is -0.346. The van der Waals surface area contributed by atoms with Gasteiger partial charge < -0.3 is 29.2 Å². The van der Waals surface area contributed by atoms with E-state index in [2.05, 4.69) is 17.6 Å². The summed E-state index contributed by atoms with van der Waals surface area (Å²) in [7, 11) is 4.37. The maximum absolute atomic E-state index is 13.0. The molecular formula is C27H41N3O7S. The van der Waals surface area contributed by atoms with E-state index in [1.54, 1.807) is 4.90 Å². The lowest BCUT2D eigenvalue weighted by Gasteiger charge is -2.36. The van der Waals surface area contributed by atoms with Crippen LogP contribution in [0.4, 0.5) is 0 Å². The van der Waals surface area contributed by atoms with Crippen molar-refractivity contribution in [1.82, 2.24) is 15.5 Å². The molecule has 2 amide bonds. The second-order valence-electron chi connectivity index (χ2n) is 9.07. The predicted octanol–water partition coefficient (Wildman–Crippen LogP) is 3.60. The molecule has 1 aliphatic heterocycles. The quantitative estimate of drug-likeness (QED) is 0.192. The Hall–Kier alpha value is -3.08. The van der Waals surface area contributed by atoms with Gasteiger partial charge in [0.2, 0.25) is 11.7 Å². The number of hydrogen-bond donors (Lipinski definition) is 2. The fourth-order valence-electron chi connectivity index (χ4n) is 4.25. The number of rotatable bonds is 15. The van der Waals surface area contributed by atoms with E-state index < -0.39 is 17.9 Å². The molecule has 1 fully saturated rings. The van der Waals surface area contributed by atoms with Gasteiger partial charge in [0, 0.05) is 18.7 Å². The first-order valence-corrected chi connectivity index (χ1v) is 13.6. The first kappa shape index (κ1) is 31.1. The zero-order chi connectivity index (χ0) is 27.9. The van der Waals surface area contributed by atoms with Gasteiger partial charge in [-0.3, -0.25) is 19.7 Å². The third kappa shape index (κ3) is 9.34. The van der Waals surface area contributed by atoms with E-state index in [-0.39, 0.29) is 23.0 Å². The van der Waals surface area contributed by atoms with Gasteiger partial charge in [-0.2, -0.15) is 0 Å². The van der Waals surface area contributed by atoms with Crippen LogP contribution in [0.3, 0.4) is 0 Å². The summed E-state index contributed by atoms with van der Waals surface area (Å²) < 4.78 is 21.3. The highest BCUT2D eigenvalue weighted by Crippen LogP contribution is 2.38. The lowest BCUT2D eigenvalue weighted by atomic mass is 10.1. The van der Waals surface area contributed by atoms with Gasteiger partial charge in [-0.15, -0.1) is 0 Å². The van der Waals surface area contributed by atoms with E-state index in [4.69, 9.17) is 31.2 Å². The van der Waals surface area contributed by atoms with Crippen LogP contribution in [0.15, 0.2) is 12.1 Å². The Morgan fingerprint density at radius 3 is 2.18 bits per heavy atom. The summed E-state index contributed by atoms with van der Waals surface area (Å²) >= 11 is 5.45. The molecule has 1 saturated heterocycles. The van der Waals surface area contributed by atoms with Crippen molar-refractivity contribution >= 4 is 35.1 Å². The minimum absolute atomic E-state index is 0.0412. The molecule has 11 heteroatoms. The minimum atomic E-state index is -0.873. The summed E-state index contributed by atoms with van der Waals surface area (Å²) in [4.78, 5) is 39.6. The minimum Gasteiger partial charge on any atom is -0.493 e. The molecule has 1 aromatic carbocycles. The van der Waals surface area contributed by atoms with Crippen LogP contribution in [0.2, 0.25) is 0 Å². The molecule has 10 nitrogen and oxygen atoms in total. The molecular weight excluding hydrogens is 510 g/mol. The Kier molecular flexibility index (Phi) is 13.7. The van der Waals surface area contributed by atoms with E-state index in [0.717, 1.165) is 19.3 Å². The number of hydrogen-bond acceptors (Lipinski definition) is 8. The number of nitrogens with zero attached hydrogens (tertiary/aromatic N) is 1. The van der Waals surface area contributed by atoms with Crippen molar-refractivity contribution in [3.63, 3.8) is 0 Å². The van der Waals surface area contributed by atoms with Crippen molar-refractivity contribution in [1.29, 1.82) is 0 Å². The monoisotopic (exact) mass is 551 g/mol. The number of esters is 1. The molecule has 212 valence electrons. The van der Waals surface area contributed by atoms with Crippen molar-refractivity contribution in [2.24, 2.45) is 0 Å². The standard InChI is InChI=1S/C27H41N3O7S/c1-5-6-7-8-9-10-11-12-15-37-23(31)18-20-26(33)28-13-14-30(20)27(38)29-25(32)19-16-21(34-2)24(36-4)22(17-19)35-3/h16-17,20H,5-15,18H2,1-4H3,(H,28,33)(H,29,32,38). The largest absolute Gasteiger partial charge is 0.493 e. The SMILES string of the molecule is CCCCCCCCCCOC(=O)CC1C(=O)NCCN1C(=S)NC(=O)c1cc(OC)c(OC)c(OC)c1. The van der Waals surface area contributed by atoms with Crippen LogP contribution < -0.4 is 24.8 Å². The summed E-state index contributed by atoms with van der Waals surface area (Å²) in [6, 6.07) is 2.13. The van der Waals surface area contributed by atoms with Crippen molar-refractivity contribution in [3.8, 4) is 17.2 Å². The van der Waals surface area contributed by atoms with Crippen molar-refractivity contribution in [2.75, 3.05) is 41.0 Å². The van der Waals surface area contributed by atoms with Crippen LogP contribution in [0.1, 0.15) is 75.1 Å². The van der Waals surface area contributed by atoms with E-state index >= 15 is 0 Å². The number of methoxy groups -OCH3 is 3. The first-order valence-electron chi connectivity index (χ1n) is 13.2. The highest BCUT2D eigenvalue weighted by molar-refractivity contribution is 7.80. The number of benzene rings is 1. The lowest BCUT2D eigenvalue weighted by Crippen LogP contribution is -2.60. The van der Waals surface area contributed by atoms with Gasteiger partial charge in [-0.05, 0) is 30.8 Å². The number of ether oxygens (including phenoxy) is 4. The number of amides is 2. The molecule has 1 heterocycles. The van der Waals surface area contributed by atoms with Gasteiger partial charge >= 0.3 is 5.97 Å². The Balaban J connectivity index is 1.91. The van der Waals surface area contributed by atoms with E-state index in [9.17, 15) is 14.4 Å².